The Hall–Kier alpha value is -3.20. The van der Waals surface area contributed by atoms with Crippen molar-refractivity contribution >= 4 is 28.6 Å². The van der Waals surface area contributed by atoms with Gasteiger partial charge in [-0.3, -0.25) is 0 Å². The number of nitrogens with zero attached hydrogens (tertiary/aromatic N) is 6. The third-order valence-electron chi connectivity index (χ3n) is 5.87. The number of piperidine rings is 1. The molecule has 0 bridgehead atoms. The molecule has 0 aliphatic carbocycles. The monoisotopic (exact) mass is 420 g/mol. The quantitative estimate of drug-likeness (QED) is 0.506. The molecule has 1 saturated heterocycles. The first-order valence-corrected chi connectivity index (χ1v) is 10.8. The van der Waals surface area contributed by atoms with Gasteiger partial charge in [-0.1, -0.05) is 26.0 Å². The van der Waals surface area contributed by atoms with Crippen LogP contribution in [0, 0.1) is 6.92 Å². The lowest BCUT2D eigenvalue weighted by Crippen LogP contribution is -2.40. The molecule has 3 aromatic heterocycles. The van der Waals surface area contributed by atoms with E-state index in [2.05, 4.69) is 34.1 Å². The number of aromatic nitrogens is 5. The van der Waals surface area contributed by atoms with Gasteiger partial charge in [0, 0.05) is 43.7 Å². The van der Waals surface area contributed by atoms with Gasteiger partial charge in [0.05, 0.1) is 6.20 Å². The van der Waals surface area contributed by atoms with Crippen LogP contribution in [0.5, 0.6) is 0 Å². The molecule has 1 fully saturated rings. The molecule has 0 radical (unpaired) electrons. The molecule has 5 rings (SSSR count). The Morgan fingerprint density at radius 3 is 2.77 bits per heavy atom. The number of aryl methyl sites for hydroxylation is 1. The standard InChI is InChI=1S/C22H28N8O/c1-13(2)17-12-25-30-20(17)27-22(29-9-7-16(23)8-10-29)28-21(30)24-11-15-5-4-6-18-19(15)26-14(3)31-18/h4-6,12-13,16H,7-11,23H2,1-3H3,(H,24,27,28). The second-order valence-corrected chi connectivity index (χ2v) is 8.51. The SMILES string of the molecule is Cc1nc2c(CNc3nc(N4CCC(N)CC4)nc4c(C(C)C)cnn34)cccc2o1. The minimum atomic E-state index is 0.255. The average molecular weight is 421 g/mol. The Morgan fingerprint density at radius 1 is 1.19 bits per heavy atom. The van der Waals surface area contributed by atoms with Crippen molar-refractivity contribution in [3.63, 3.8) is 0 Å². The van der Waals surface area contributed by atoms with E-state index in [1.807, 2.05) is 31.3 Å². The van der Waals surface area contributed by atoms with Crippen LogP contribution in [0.3, 0.4) is 0 Å². The van der Waals surface area contributed by atoms with Crippen molar-refractivity contribution in [2.24, 2.45) is 5.73 Å². The number of hydrogen-bond acceptors (Lipinski definition) is 8. The molecule has 0 atom stereocenters. The van der Waals surface area contributed by atoms with Crippen LogP contribution in [-0.2, 0) is 6.54 Å². The van der Waals surface area contributed by atoms with Crippen molar-refractivity contribution in [3.8, 4) is 0 Å². The van der Waals surface area contributed by atoms with Crippen LogP contribution < -0.4 is 16.0 Å². The second-order valence-electron chi connectivity index (χ2n) is 8.51. The van der Waals surface area contributed by atoms with E-state index in [1.165, 1.54) is 0 Å². The van der Waals surface area contributed by atoms with Crippen molar-refractivity contribution < 1.29 is 4.42 Å². The van der Waals surface area contributed by atoms with E-state index < -0.39 is 0 Å². The van der Waals surface area contributed by atoms with Gasteiger partial charge in [-0.05, 0) is 24.8 Å². The fourth-order valence-electron chi connectivity index (χ4n) is 4.08. The third kappa shape index (κ3) is 3.69. The molecule has 9 nitrogen and oxygen atoms in total. The predicted octanol–water partition coefficient (Wildman–Crippen LogP) is 3.24. The van der Waals surface area contributed by atoms with E-state index in [9.17, 15) is 0 Å². The number of nitrogens with one attached hydrogen (secondary N) is 1. The van der Waals surface area contributed by atoms with E-state index in [4.69, 9.17) is 20.1 Å². The molecule has 1 aliphatic rings. The lowest BCUT2D eigenvalue weighted by Gasteiger charge is -2.30. The molecule has 4 heterocycles. The summed E-state index contributed by atoms with van der Waals surface area (Å²) in [5, 5.41) is 8.04. The van der Waals surface area contributed by atoms with E-state index in [0.29, 0.717) is 24.3 Å². The van der Waals surface area contributed by atoms with Crippen LogP contribution in [0.4, 0.5) is 11.9 Å². The van der Waals surface area contributed by atoms with Crippen molar-refractivity contribution in [2.45, 2.75) is 52.1 Å². The molecular weight excluding hydrogens is 392 g/mol. The molecule has 0 saturated carbocycles. The van der Waals surface area contributed by atoms with Crippen molar-refractivity contribution in [1.82, 2.24) is 24.6 Å². The van der Waals surface area contributed by atoms with Gasteiger partial charge >= 0.3 is 0 Å². The summed E-state index contributed by atoms with van der Waals surface area (Å²) in [6.45, 7) is 8.44. The van der Waals surface area contributed by atoms with Crippen LogP contribution in [0.2, 0.25) is 0 Å². The zero-order chi connectivity index (χ0) is 21.5. The first-order valence-electron chi connectivity index (χ1n) is 10.8. The van der Waals surface area contributed by atoms with Gasteiger partial charge in [0.1, 0.15) is 5.52 Å². The van der Waals surface area contributed by atoms with Crippen LogP contribution in [-0.4, -0.2) is 43.7 Å². The molecule has 0 unspecified atom stereocenters. The van der Waals surface area contributed by atoms with Gasteiger partial charge in [0.15, 0.2) is 17.1 Å². The van der Waals surface area contributed by atoms with E-state index in [1.54, 1.807) is 4.52 Å². The zero-order valence-electron chi connectivity index (χ0n) is 18.2. The van der Waals surface area contributed by atoms with Gasteiger partial charge in [0.2, 0.25) is 11.9 Å². The number of para-hydroxylation sites is 1. The largest absolute Gasteiger partial charge is 0.441 e. The summed E-state index contributed by atoms with van der Waals surface area (Å²) in [5.41, 5.74) is 10.7. The maximum absolute atomic E-state index is 6.09. The molecule has 4 aromatic rings. The van der Waals surface area contributed by atoms with Crippen LogP contribution >= 0.6 is 0 Å². The van der Waals surface area contributed by atoms with Gasteiger partial charge < -0.3 is 20.4 Å². The molecule has 162 valence electrons. The third-order valence-corrected chi connectivity index (χ3v) is 5.87. The number of benzene rings is 1. The summed E-state index contributed by atoms with van der Waals surface area (Å²) in [6.07, 6.45) is 3.78. The molecule has 0 amide bonds. The van der Waals surface area contributed by atoms with E-state index in [-0.39, 0.29) is 6.04 Å². The summed E-state index contributed by atoms with van der Waals surface area (Å²) in [7, 11) is 0. The number of anilines is 2. The summed E-state index contributed by atoms with van der Waals surface area (Å²) in [6, 6.07) is 6.21. The minimum Gasteiger partial charge on any atom is -0.441 e. The Labute approximate surface area is 180 Å². The summed E-state index contributed by atoms with van der Waals surface area (Å²) in [5.74, 6) is 2.36. The topological polar surface area (TPSA) is 110 Å². The molecule has 9 heteroatoms. The first kappa shape index (κ1) is 19.7. The number of nitrogens with two attached hydrogens (primary N) is 1. The number of hydrogen-bond donors (Lipinski definition) is 2. The maximum atomic E-state index is 6.09. The van der Waals surface area contributed by atoms with Gasteiger partial charge in [-0.25, -0.2) is 4.98 Å². The highest BCUT2D eigenvalue weighted by molar-refractivity contribution is 5.76. The summed E-state index contributed by atoms with van der Waals surface area (Å²) < 4.78 is 7.46. The molecule has 3 N–H and O–H groups in total. The molecule has 1 aromatic carbocycles. The number of fused-ring (bicyclic) bond motifs is 2. The summed E-state index contributed by atoms with van der Waals surface area (Å²) in [4.78, 5) is 16.5. The molecule has 1 aliphatic heterocycles. The zero-order valence-corrected chi connectivity index (χ0v) is 18.2. The highest BCUT2D eigenvalue weighted by atomic mass is 16.3. The van der Waals surface area contributed by atoms with Crippen LogP contribution in [0.15, 0.2) is 28.8 Å². The number of rotatable bonds is 5. The Balaban J connectivity index is 1.52. The van der Waals surface area contributed by atoms with Crippen LogP contribution in [0.1, 0.15) is 49.6 Å². The lowest BCUT2D eigenvalue weighted by molar-refractivity contribution is 0.495. The lowest BCUT2D eigenvalue weighted by atomic mass is 10.1. The molecule has 31 heavy (non-hydrogen) atoms. The normalized spacial score (nSPS) is 15.5. The fraction of sp³-hybridized carbons (Fsp3) is 0.455. The highest BCUT2D eigenvalue weighted by Gasteiger charge is 2.22. The van der Waals surface area contributed by atoms with Gasteiger partial charge in [0.25, 0.3) is 0 Å². The number of oxazole rings is 1. The average Bonchev–Trinajstić information content (AvgIpc) is 3.35. The maximum Gasteiger partial charge on any atom is 0.230 e. The molecule has 0 spiro atoms. The first-order chi connectivity index (χ1) is 15.0. The minimum absolute atomic E-state index is 0.255. The molecular formula is C22H28N8O. The smallest absolute Gasteiger partial charge is 0.230 e. The Morgan fingerprint density at radius 2 is 2.00 bits per heavy atom. The summed E-state index contributed by atoms with van der Waals surface area (Å²) >= 11 is 0. The van der Waals surface area contributed by atoms with Gasteiger partial charge in [-0.15, -0.1) is 0 Å². The highest BCUT2D eigenvalue weighted by Crippen LogP contribution is 2.25. The predicted molar refractivity (Wildman–Crippen MR) is 120 cm³/mol. The fourth-order valence-corrected chi connectivity index (χ4v) is 4.08. The van der Waals surface area contributed by atoms with E-state index >= 15 is 0 Å². The van der Waals surface area contributed by atoms with Crippen molar-refractivity contribution in [1.29, 1.82) is 0 Å². The Kier molecular flexibility index (Phi) is 4.97. The second kappa shape index (κ2) is 7.81. The Bertz CT molecular complexity index is 1220. The van der Waals surface area contributed by atoms with E-state index in [0.717, 1.165) is 59.8 Å². The van der Waals surface area contributed by atoms with Gasteiger partial charge in [-0.2, -0.15) is 19.6 Å². The van der Waals surface area contributed by atoms with Crippen molar-refractivity contribution in [2.75, 3.05) is 23.3 Å². The van der Waals surface area contributed by atoms with Crippen molar-refractivity contribution in [3.05, 3.63) is 41.4 Å². The van der Waals surface area contributed by atoms with Crippen LogP contribution in [0.25, 0.3) is 16.7 Å².